The van der Waals surface area contributed by atoms with Gasteiger partial charge in [0.05, 0.1) is 0 Å². The summed E-state index contributed by atoms with van der Waals surface area (Å²) in [5.41, 5.74) is 0.659. The maximum Gasteiger partial charge on any atom is 0.252 e. The van der Waals surface area contributed by atoms with Gasteiger partial charge in [-0.2, -0.15) is 0 Å². The van der Waals surface area contributed by atoms with Gasteiger partial charge in [-0.3, -0.25) is 9.63 Å². The number of hydrogen-bond acceptors (Lipinski definition) is 3. The van der Waals surface area contributed by atoms with Crippen molar-refractivity contribution in [2.45, 2.75) is 0 Å². The molecule has 78 valence electrons. The Hall–Kier alpha value is -0.810. The predicted octanol–water partition coefficient (Wildman–Crippen LogP) is 1.59. The molecule has 0 saturated carbocycles. The van der Waals surface area contributed by atoms with E-state index in [-0.39, 0.29) is 24.9 Å². The molecule has 6 heteroatoms. The molecule has 3 N–H and O–H groups in total. The van der Waals surface area contributed by atoms with Crippen LogP contribution in [0.2, 0.25) is 5.02 Å². The SMILES string of the molecule is Cl.NOCC(=O)Nc1ccc(Cl)cc1. The Bertz CT molecular complexity index is 290. The van der Waals surface area contributed by atoms with Gasteiger partial charge in [0.15, 0.2) is 0 Å². The van der Waals surface area contributed by atoms with Crippen LogP contribution in [0.5, 0.6) is 0 Å². The lowest BCUT2D eigenvalue weighted by Crippen LogP contribution is -2.20. The average Bonchev–Trinajstić information content (AvgIpc) is 2.09. The topological polar surface area (TPSA) is 64.3 Å². The summed E-state index contributed by atoms with van der Waals surface area (Å²) in [6.45, 7) is -0.164. The number of halogens is 2. The molecule has 0 saturated heterocycles. The van der Waals surface area contributed by atoms with E-state index in [2.05, 4.69) is 10.2 Å². The van der Waals surface area contributed by atoms with Crippen LogP contribution in [0.1, 0.15) is 0 Å². The van der Waals surface area contributed by atoms with E-state index < -0.39 is 0 Å². The molecular formula is C8H10Cl2N2O2. The lowest BCUT2D eigenvalue weighted by molar-refractivity contribution is -0.120. The molecule has 0 atom stereocenters. The molecule has 0 radical (unpaired) electrons. The molecule has 14 heavy (non-hydrogen) atoms. The fourth-order valence-corrected chi connectivity index (χ4v) is 0.932. The summed E-state index contributed by atoms with van der Waals surface area (Å²) in [5.74, 6) is 4.42. The van der Waals surface area contributed by atoms with E-state index in [0.29, 0.717) is 10.7 Å². The normalized spacial score (nSPS) is 9.00. The zero-order valence-corrected chi connectivity index (χ0v) is 8.77. The van der Waals surface area contributed by atoms with Gasteiger partial charge < -0.3 is 5.32 Å². The number of hydrogen-bond donors (Lipinski definition) is 2. The maximum absolute atomic E-state index is 10.9. The minimum atomic E-state index is -0.301. The molecule has 1 rings (SSSR count). The van der Waals surface area contributed by atoms with Gasteiger partial charge >= 0.3 is 0 Å². The van der Waals surface area contributed by atoms with E-state index in [9.17, 15) is 4.79 Å². The van der Waals surface area contributed by atoms with E-state index in [0.717, 1.165) is 0 Å². The third-order valence-electron chi connectivity index (χ3n) is 1.34. The number of anilines is 1. The molecule has 0 aliphatic rings. The summed E-state index contributed by atoms with van der Waals surface area (Å²) in [6.07, 6.45) is 0. The number of carbonyl (C=O) groups excluding carboxylic acids is 1. The molecule has 4 nitrogen and oxygen atoms in total. The van der Waals surface area contributed by atoms with Crippen molar-refractivity contribution in [3.8, 4) is 0 Å². The Labute approximate surface area is 92.7 Å². The second-order valence-corrected chi connectivity index (χ2v) is 2.80. The monoisotopic (exact) mass is 236 g/mol. The van der Waals surface area contributed by atoms with E-state index in [4.69, 9.17) is 17.5 Å². The largest absolute Gasteiger partial charge is 0.324 e. The number of carbonyl (C=O) groups is 1. The Morgan fingerprint density at radius 3 is 2.50 bits per heavy atom. The number of rotatable bonds is 3. The van der Waals surface area contributed by atoms with Crippen molar-refractivity contribution in [1.29, 1.82) is 0 Å². The third kappa shape index (κ3) is 4.43. The van der Waals surface area contributed by atoms with Crippen molar-refractivity contribution in [1.82, 2.24) is 0 Å². The predicted molar refractivity (Wildman–Crippen MR) is 57.5 cm³/mol. The standard InChI is InChI=1S/C8H9ClN2O2.ClH/c9-6-1-3-7(4-2-6)11-8(12)5-13-10;/h1-4H,5,10H2,(H,11,12);1H. The molecule has 1 aromatic rings. The first-order valence-electron chi connectivity index (χ1n) is 3.59. The summed E-state index contributed by atoms with van der Waals surface area (Å²) in [5, 5.41) is 3.19. The summed E-state index contributed by atoms with van der Waals surface area (Å²) in [4.78, 5) is 15.1. The van der Waals surface area contributed by atoms with Gasteiger partial charge in [0.2, 0.25) is 0 Å². The molecular weight excluding hydrogens is 227 g/mol. The molecule has 0 unspecified atom stereocenters. The molecule has 0 bridgehead atoms. The molecule has 0 fully saturated rings. The summed E-state index contributed by atoms with van der Waals surface area (Å²) >= 11 is 5.65. The van der Waals surface area contributed by atoms with Crippen LogP contribution in [-0.2, 0) is 9.63 Å². The Balaban J connectivity index is 0.00000169. The fourth-order valence-electron chi connectivity index (χ4n) is 0.806. The Morgan fingerprint density at radius 2 is 2.00 bits per heavy atom. The van der Waals surface area contributed by atoms with Crippen LogP contribution in [-0.4, -0.2) is 12.5 Å². The van der Waals surface area contributed by atoms with Crippen LogP contribution in [0.15, 0.2) is 24.3 Å². The van der Waals surface area contributed by atoms with Crippen LogP contribution in [0.4, 0.5) is 5.69 Å². The summed E-state index contributed by atoms with van der Waals surface area (Å²) in [7, 11) is 0. The number of nitrogens with two attached hydrogens (primary N) is 1. The highest BCUT2D eigenvalue weighted by Gasteiger charge is 2.00. The molecule has 1 aromatic carbocycles. The first kappa shape index (κ1) is 13.2. The van der Waals surface area contributed by atoms with Crippen molar-refractivity contribution >= 4 is 35.6 Å². The molecule has 0 spiro atoms. The van der Waals surface area contributed by atoms with Gasteiger partial charge in [-0.15, -0.1) is 12.4 Å². The van der Waals surface area contributed by atoms with E-state index in [1.807, 2.05) is 0 Å². The smallest absolute Gasteiger partial charge is 0.252 e. The molecule has 0 aliphatic carbocycles. The highest BCUT2D eigenvalue weighted by atomic mass is 35.5. The third-order valence-corrected chi connectivity index (χ3v) is 1.59. The van der Waals surface area contributed by atoms with E-state index >= 15 is 0 Å². The lowest BCUT2D eigenvalue weighted by Gasteiger charge is -2.03. The van der Waals surface area contributed by atoms with Gasteiger partial charge in [0.25, 0.3) is 5.91 Å². The second-order valence-electron chi connectivity index (χ2n) is 2.37. The van der Waals surface area contributed by atoms with E-state index in [1.165, 1.54) is 0 Å². The first-order valence-corrected chi connectivity index (χ1v) is 3.97. The number of amides is 1. The van der Waals surface area contributed by atoms with Gasteiger partial charge in [0, 0.05) is 10.7 Å². The van der Waals surface area contributed by atoms with Crippen LogP contribution in [0.3, 0.4) is 0 Å². The zero-order valence-electron chi connectivity index (χ0n) is 7.20. The second kappa shape index (κ2) is 6.62. The van der Waals surface area contributed by atoms with Gasteiger partial charge in [-0.1, -0.05) is 11.6 Å². The van der Waals surface area contributed by atoms with Crippen LogP contribution < -0.4 is 11.2 Å². The Kier molecular flexibility index (Phi) is 6.23. The Morgan fingerprint density at radius 1 is 1.43 bits per heavy atom. The van der Waals surface area contributed by atoms with Crippen LogP contribution in [0, 0.1) is 0 Å². The summed E-state index contributed by atoms with van der Waals surface area (Å²) in [6, 6.07) is 6.74. The van der Waals surface area contributed by atoms with Crippen molar-refractivity contribution in [2.75, 3.05) is 11.9 Å². The molecule has 0 aliphatic heterocycles. The minimum absolute atomic E-state index is 0. The quantitative estimate of drug-likeness (QED) is 0.784. The number of nitrogens with one attached hydrogen (secondary N) is 1. The van der Waals surface area contributed by atoms with Crippen LogP contribution >= 0.6 is 24.0 Å². The maximum atomic E-state index is 10.9. The van der Waals surface area contributed by atoms with Gasteiger partial charge in [-0.05, 0) is 24.3 Å². The van der Waals surface area contributed by atoms with Crippen LogP contribution in [0.25, 0.3) is 0 Å². The number of benzene rings is 1. The van der Waals surface area contributed by atoms with Crippen molar-refractivity contribution in [3.05, 3.63) is 29.3 Å². The van der Waals surface area contributed by atoms with Gasteiger partial charge in [0.1, 0.15) is 6.61 Å². The van der Waals surface area contributed by atoms with Gasteiger partial charge in [-0.25, -0.2) is 5.90 Å². The van der Waals surface area contributed by atoms with Crippen molar-refractivity contribution in [2.24, 2.45) is 5.90 Å². The van der Waals surface area contributed by atoms with E-state index in [1.54, 1.807) is 24.3 Å². The van der Waals surface area contributed by atoms with Crippen molar-refractivity contribution < 1.29 is 9.63 Å². The fraction of sp³-hybridized carbons (Fsp3) is 0.125. The highest BCUT2D eigenvalue weighted by Crippen LogP contribution is 2.12. The molecule has 0 heterocycles. The molecule has 1 amide bonds. The first-order chi connectivity index (χ1) is 6.22. The van der Waals surface area contributed by atoms with Crippen molar-refractivity contribution in [3.63, 3.8) is 0 Å². The zero-order chi connectivity index (χ0) is 9.68. The lowest BCUT2D eigenvalue weighted by atomic mass is 10.3. The highest BCUT2D eigenvalue weighted by molar-refractivity contribution is 6.30. The minimum Gasteiger partial charge on any atom is -0.324 e. The molecule has 0 aromatic heterocycles. The average molecular weight is 237 g/mol. The summed E-state index contributed by atoms with van der Waals surface area (Å²) < 4.78 is 0.